The van der Waals surface area contributed by atoms with Crippen molar-refractivity contribution in [3.05, 3.63) is 62.2 Å². The first-order valence-electron chi connectivity index (χ1n) is 10.6. The molecule has 1 fully saturated rings. The normalized spacial score (nSPS) is 13.8. The molecule has 164 valence electrons. The van der Waals surface area contributed by atoms with Crippen LogP contribution in [0.4, 0.5) is 0 Å². The Morgan fingerprint density at radius 2 is 1.97 bits per heavy atom. The fourth-order valence-corrected chi connectivity index (χ4v) is 4.41. The quantitative estimate of drug-likeness (QED) is 0.285. The number of amides is 1. The van der Waals surface area contributed by atoms with E-state index in [4.69, 9.17) is 9.47 Å². The summed E-state index contributed by atoms with van der Waals surface area (Å²) in [5, 5.41) is 21.8. The first-order chi connectivity index (χ1) is 15.5. The van der Waals surface area contributed by atoms with Crippen molar-refractivity contribution in [3.63, 3.8) is 0 Å². The number of rotatable bonds is 8. The average Bonchev–Trinajstić information content (AvgIpc) is 3.30. The van der Waals surface area contributed by atoms with Gasteiger partial charge in [-0.05, 0) is 72.2 Å². The van der Waals surface area contributed by atoms with Gasteiger partial charge in [-0.25, -0.2) is 0 Å². The molecule has 1 saturated carbocycles. The third kappa shape index (κ3) is 6.02. The summed E-state index contributed by atoms with van der Waals surface area (Å²) in [6.07, 6.45) is 5.69. The molecule has 6 nitrogen and oxygen atoms in total. The van der Waals surface area contributed by atoms with E-state index >= 15 is 0 Å². The van der Waals surface area contributed by atoms with Gasteiger partial charge in [-0.2, -0.15) is 10.5 Å². The van der Waals surface area contributed by atoms with E-state index in [1.165, 1.54) is 0 Å². The minimum absolute atomic E-state index is 0.0618. The Bertz CT molecular complexity index is 1090. The Morgan fingerprint density at radius 1 is 1.22 bits per heavy atom. The molecule has 0 atom stereocenters. The third-order valence-corrected chi connectivity index (χ3v) is 6.01. The Labute approximate surface area is 202 Å². The van der Waals surface area contributed by atoms with Gasteiger partial charge in [-0.3, -0.25) is 4.79 Å². The molecule has 2 aromatic rings. The van der Waals surface area contributed by atoms with Crippen molar-refractivity contribution < 1.29 is 14.3 Å². The summed E-state index contributed by atoms with van der Waals surface area (Å²) in [7, 11) is 0. The van der Waals surface area contributed by atoms with Gasteiger partial charge in [0.05, 0.1) is 21.8 Å². The highest BCUT2D eigenvalue weighted by Gasteiger charge is 2.20. The lowest BCUT2D eigenvalue weighted by Crippen LogP contribution is -2.33. The molecule has 1 amide bonds. The van der Waals surface area contributed by atoms with E-state index in [0.717, 1.165) is 34.8 Å². The summed E-state index contributed by atoms with van der Waals surface area (Å²) < 4.78 is 12.6. The maximum Gasteiger partial charge on any atom is 0.262 e. The van der Waals surface area contributed by atoms with Crippen LogP contribution in [0.3, 0.4) is 0 Å². The Hall–Kier alpha value is -3.04. The number of nitrogens with one attached hydrogen (secondary N) is 1. The van der Waals surface area contributed by atoms with Crippen molar-refractivity contribution in [1.82, 2.24) is 5.32 Å². The third-order valence-electron chi connectivity index (χ3n) is 5.21. The molecule has 0 radical (unpaired) electrons. The van der Waals surface area contributed by atoms with Crippen molar-refractivity contribution >= 4 is 34.6 Å². The first kappa shape index (κ1) is 23.6. The number of halogens is 1. The molecule has 1 N–H and O–H groups in total. The van der Waals surface area contributed by atoms with Gasteiger partial charge < -0.3 is 14.8 Å². The number of hydrogen-bond acceptors (Lipinski definition) is 5. The summed E-state index contributed by atoms with van der Waals surface area (Å²) in [4.78, 5) is 12.5. The molecule has 7 heteroatoms. The van der Waals surface area contributed by atoms with E-state index < -0.39 is 0 Å². The number of benzene rings is 2. The summed E-state index contributed by atoms with van der Waals surface area (Å²) in [5.41, 5.74) is 2.09. The smallest absolute Gasteiger partial charge is 0.262 e. The molecule has 0 heterocycles. The zero-order valence-corrected chi connectivity index (χ0v) is 20.0. The van der Waals surface area contributed by atoms with E-state index in [0.29, 0.717) is 29.2 Å². The highest BCUT2D eigenvalue weighted by Crippen LogP contribution is 2.35. The van der Waals surface area contributed by atoms with Gasteiger partial charge in [0, 0.05) is 11.6 Å². The second-order valence-corrected chi connectivity index (χ2v) is 8.61. The van der Waals surface area contributed by atoms with Crippen LogP contribution >= 0.6 is 22.6 Å². The topological polar surface area (TPSA) is 95.1 Å². The SMILES string of the molecule is CCOc1cc(/C=C(/C#N)C(=O)NC2CCCC2)cc(I)c1OCc1ccccc1C#N. The lowest BCUT2D eigenvalue weighted by atomic mass is 10.1. The number of hydrogen-bond donors (Lipinski definition) is 1. The van der Waals surface area contributed by atoms with Crippen LogP contribution in [0, 0.1) is 26.2 Å². The number of carbonyl (C=O) groups excluding carboxylic acids is 1. The molecule has 32 heavy (non-hydrogen) atoms. The van der Waals surface area contributed by atoms with Crippen LogP contribution in [0.1, 0.15) is 49.3 Å². The van der Waals surface area contributed by atoms with Gasteiger partial charge in [-0.15, -0.1) is 0 Å². The monoisotopic (exact) mass is 541 g/mol. The highest BCUT2D eigenvalue weighted by molar-refractivity contribution is 14.1. The maximum atomic E-state index is 12.5. The molecular formula is C25H24IN3O3. The van der Waals surface area contributed by atoms with Gasteiger partial charge in [0.1, 0.15) is 18.2 Å². The molecule has 1 aliphatic rings. The minimum Gasteiger partial charge on any atom is -0.490 e. The fraction of sp³-hybridized carbons (Fsp3) is 0.320. The maximum absolute atomic E-state index is 12.5. The van der Waals surface area contributed by atoms with Gasteiger partial charge >= 0.3 is 0 Å². The molecule has 1 aliphatic carbocycles. The van der Waals surface area contributed by atoms with Crippen LogP contribution in [0.15, 0.2) is 42.0 Å². The first-order valence-corrected chi connectivity index (χ1v) is 11.6. The van der Waals surface area contributed by atoms with Gasteiger partial charge in [0.25, 0.3) is 5.91 Å². The van der Waals surface area contributed by atoms with E-state index in [2.05, 4.69) is 34.0 Å². The van der Waals surface area contributed by atoms with Crippen LogP contribution in [-0.4, -0.2) is 18.6 Å². The standard InChI is InChI=1S/C25H24IN3O3/c1-2-31-23-13-17(11-20(15-28)25(30)29-21-9-5-6-10-21)12-22(26)24(23)32-16-19-8-4-3-7-18(19)14-27/h3-4,7-8,11-13,21H,2,5-6,9-10,16H2,1H3,(H,29,30)/b20-11-. The molecular weight excluding hydrogens is 517 g/mol. The number of nitriles is 2. The summed E-state index contributed by atoms with van der Waals surface area (Å²) in [5.74, 6) is 0.737. The second-order valence-electron chi connectivity index (χ2n) is 7.45. The molecule has 0 spiro atoms. The van der Waals surface area contributed by atoms with Gasteiger partial charge in [0.2, 0.25) is 0 Å². The van der Waals surface area contributed by atoms with Crippen LogP contribution < -0.4 is 14.8 Å². The fourth-order valence-electron chi connectivity index (χ4n) is 3.63. The van der Waals surface area contributed by atoms with Crippen molar-refractivity contribution in [2.24, 2.45) is 0 Å². The van der Waals surface area contributed by atoms with Crippen molar-refractivity contribution in [2.45, 2.75) is 45.3 Å². The van der Waals surface area contributed by atoms with E-state index in [-0.39, 0.29) is 24.1 Å². The Balaban J connectivity index is 1.84. The molecule has 0 aromatic heterocycles. The zero-order chi connectivity index (χ0) is 22.9. The van der Waals surface area contributed by atoms with Crippen LogP contribution in [0.2, 0.25) is 0 Å². The highest BCUT2D eigenvalue weighted by atomic mass is 127. The molecule has 3 rings (SSSR count). The number of carbonyl (C=O) groups is 1. The zero-order valence-electron chi connectivity index (χ0n) is 17.9. The number of ether oxygens (including phenoxy) is 2. The summed E-state index contributed by atoms with van der Waals surface area (Å²) >= 11 is 2.15. The van der Waals surface area contributed by atoms with E-state index in [1.54, 1.807) is 18.2 Å². The summed E-state index contributed by atoms with van der Waals surface area (Å²) in [6, 6.07) is 15.2. The van der Waals surface area contributed by atoms with Gasteiger partial charge in [-0.1, -0.05) is 31.0 Å². The Kier molecular flexibility index (Phi) is 8.52. The number of nitrogens with zero attached hydrogens (tertiary/aromatic N) is 2. The van der Waals surface area contributed by atoms with Crippen LogP contribution in [0.5, 0.6) is 11.5 Å². The Morgan fingerprint density at radius 3 is 2.66 bits per heavy atom. The average molecular weight is 541 g/mol. The summed E-state index contributed by atoms with van der Waals surface area (Å²) in [6.45, 7) is 2.53. The minimum atomic E-state index is -0.346. The molecule has 2 aromatic carbocycles. The predicted octanol–water partition coefficient (Wildman–Crippen LogP) is 5.11. The largest absolute Gasteiger partial charge is 0.490 e. The molecule has 0 bridgehead atoms. The molecule has 0 aliphatic heterocycles. The van der Waals surface area contributed by atoms with Gasteiger partial charge in [0.15, 0.2) is 11.5 Å². The lowest BCUT2D eigenvalue weighted by molar-refractivity contribution is -0.117. The lowest BCUT2D eigenvalue weighted by Gasteiger charge is -2.15. The predicted molar refractivity (Wildman–Crippen MR) is 130 cm³/mol. The van der Waals surface area contributed by atoms with Crippen LogP contribution in [0.25, 0.3) is 6.08 Å². The second kappa shape index (κ2) is 11.5. The van der Waals surface area contributed by atoms with Crippen molar-refractivity contribution in [1.29, 1.82) is 10.5 Å². The molecule has 0 saturated heterocycles. The van der Waals surface area contributed by atoms with Crippen molar-refractivity contribution in [2.75, 3.05) is 6.61 Å². The molecule has 0 unspecified atom stereocenters. The van der Waals surface area contributed by atoms with E-state index in [9.17, 15) is 15.3 Å². The van der Waals surface area contributed by atoms with E-state index in [1.807, 2.05) is 37.3 Å². The van der Waals surface area contributed by atoms with Crippen molar-refractivity contribution in [3.8, 4) is 23.6 Å². The van der Waals surface area contributed by atoms with Crippen LogP contribution in [-0.2, 0) is 11.4 Å².